The lowest BCUT2D eigenvalue weighted by Gasteiger charge is -2.35. The lowest BCUT2D eigenvalue weighted by Crippen LogP contribution is -2.51. The first-order chi connectivity index (χ1) is 20.5. The average molecular weight is 636 g/mol. The van der Waals surface area contributed by atoms with Gasteiger partial charge in [0.05, 0.1) is 15.2 Å². The highest BCUT2D eigenvalue weighted by Crippen LogP contribution is 2.43. The molecule has 3 saturated heterocycles. The molecular formula is C29H30ClF4N7OS. The normalized spacial score (nSPS) is 22.9. The van der Waals surface area contributed by atoms with E-state index in [-0.39, 0.29) is 75.5 Å². The van der Waals surface area contributed by atoms with Gasteiger partial charge in [-0.1, -0.05) is 22.9 Å². The molecule has 3 aliphatic heterocycles. The van der Waals surface area contributed by atoms with Crippen LogP contribution in [0.3, 0.4) is 0 Å². The number of anilines is 2. The monoisotopic (exact) mass is 635 g/mol. The van der Waals surface area contributed by atoms with Crippen LogP contribution in [0, 0.1) is 11.6 Å². The van der Waals surface area contributed by atoms with Gasteiger partial charge in [0.15, 0.2) is 10.9 Å². The van der Waals surface area contributed by atoms with E-state index in [0.717, 1.165) is 24.2 Å². The van der Waals surface area contributed by atoms with E-state index in [2.05, 4.69) is 20.2 Å². The van der Waals surface area contributed by atoms with E-state index in [1.807, 2.05) is 11.8 Å². The molecule has 2 aromatic carbocycles. The number of thiazole rings is 1. The predicted octanol–water partition coefficient (Wildman–Crippen LogP) is 5.86. The van der Waals surface area contributed by atoms with Crippen molar-refractivity contribution in [1.82, 2.24) is 25.2 Å². The summed E-state index contributed by atoms with van der Waals surface area (Å²) in [6, 6.07) is 4.87. The van der Waals surface area contributed by atoms with Gasteiger partial charge >= 0.3 is 6.01 Å². The fourth-order valence-electron chi connectivity index (χ4n) is 6.51. The van der Waals surface area contributed by atoms with Gasteiger partial charge in [-0.15, -0.1) is 0 Å². The lowest BCUT2D eigenvalue weighted by atomic mass is 10.0. The molecule has 0 radical (unpaired) electrons. The molecule has 3 N–H and O–H groups in total. The third-order valence-corrected chi connectivity index (χ3v) is 9.74. The van der Waals surface area contributed by atoms with Crippen LogP contribution in [0.4, 0.5) is 28.5 Å². The largest absolute Gasteiger partial charge is 0.459 e. The molecule has 3 aliphatic rings. The zero-order valence-electron chi connectivity index (χ0n) is 23.3. The Balaban J connectivity index is 1.30. The number of likely N-dealkylation sites (tertiary alicyclic amines) is 1. The molecule has 2 bridgehead atoms. The topological polar surface area (TPSA) is 92.4 Å². The summed E-state index contributed by atoms with van der Waals surface area (Å²) in [7, 11) is 0. The second-order valence-electron chi connectivity index (χ2n) is 11.7. The van der Waals surface area contributed by atoms with Crippen molar-refractivity contribution in [1.29, 1.82) is 0 Å². The third kappa shape index (κ3) is 5.45. The first-order valence-corrected chi connectivity index (χ1v) is 15.6. The van der Waals surface area contributed by atoms with Crippen LogP contribution in [-0.4, -0.2) is 76.7 Å². The van der Waals surface area contributed by atoms with Crippen molar-refractivity contribution in [2.45, 2.75) is 56.7 Å². The minimum Gasteiger partial charge on any atom is -0.459 e. The van der Waals surface area contributed by atoms with E-state index < -0.39 is 23.7 Å². The molecule has 0 aliphatic carbocycles. The van der Waals surface area contributed by atoms with Crippen molar-refractivity contribution >= 4 is 55.0 Å². The number of fused-ring (bicyclic) bond motifs is 4. The molecule has 3 fully saturated rings. The fraction of sp³-hybridized carbons (Fsp3) is 0.483. The first kappa shape index (κ1) is 28.8. The fourth-order valence-corrected chi connectivity index (χ4v) is 7.57. The van der Waals surface area contributed by atoms with Gasteiger partial charge in [-0.05, 0) is 38.0 Å². The van der Waals surface area contributed by atoms with Crippen LogP contribution < -0.4 is 20.7 Å². The van der Waals surface area contributed by atoms with Crippen LogP contribution in [0.1, 0.15) is 32.6 Å². The van der Waals surface area contributed by atoms with Crippen molar-refractivity contribution in [3.8, 4) is 17.1 Å². The summed E-state index contributed by atoms with van der Waals surface area (Å²) < 4.78 is 64.8. The predicted molar refractivity (Wildman–Crippen MR) is 160 cm³/mol. The van der Waals surface area contributed by atoms with Crippen molar-refractivity contribution in [2.75, 3.05) is 43.4 Å². The Bertz CT molecular complexity index is 1700. The maximum Gasteiger partial charge on any atom is 0.319 e. The second kappa shape index (κ2) is 10.9. The number of ether oxygens (including phenoxy) is 1. The van der Waals surface area contributed by atoms with E-state index >= 15 is 4.39 Å². The molecule has 3 atom stereocenters. The Labute approximate surface area is 254 Å². The maximum atomic E-state index is 16.6. The molecule has 2 unspecified atom stereocenters. The smallest absolute Gasteiger partial charge is 0.319 e. The Morgan fingerprint density at radius 2 is 1.84 bits per heavy atom. The maximum absolute atomic E-state index is 16.6. The molecule has 228 valence electrons. The number of aromatic nitrogens is 3. The van der Waals surface area contributed by atoms with Crippen molar-refractivity contribution in [3.63, 3.8) is 0 Å². The summed E-state index contributed by atoms with van der Waals surface area (Å²) in [5.41, 5.74) is 6.43. The van der Waals surface area contributed by atoms with Gasteiger partial charge in [0.1, 0.15) is 23.3 Å². The number of piperidine rings is 1. The summed E-state index contributed by atoms with van der Waals surface area (Å²) >= 11 is 7.73. The van der Waals surface area contributed by atoms with Crippen LogP contribution in [0.5, 0.6) is 6.01 Å². The van der Waals surface area contributed by atoms with E-state index in [9.17, 15) is 13.2 Å². The van der Waals surface area contributed by atoms with E-state index in [1.54, 1.807) is 6.07 Å². The Hall–Kier alpha value is -3.00. The van der Waals surface area contributed by atoms with Crippen LogP contribution in [0.2, 0.25) is 5.02 Å². The summed E-state index contributed by atoms with van der Waals surface area (Å²) in [5.74, 6) is -3.35. The van der Waals surface area contributed by atoms with Gasteiger partial charge in [-0.2, -0.15) is 9.97 Å². The molecule has 0 amide bonds. The van der Waals surface area contributed by atoms with E-state index in [0.29, 0.717) is 36.4 Å². The van der Waals surface area contributed by atoms with Crippen molar-refractivity contribution < 1.29 is 22.3 Å². The molecule has 2 aromatic heterocycles. The minimum absolute atomic E-state index is 0.00997. The highest BCUT2D eigenvalue weighted by molar-refractivity contribution is 7.22. The number of nitrogens with zero attached hydrogens (tertiary/aromatic N) is 5. The minimum atomic E-state index is -2.64. The van der Waals surface area contributed by atoms with Gasteiger partial charge < -0.3 is 20.7 Å². The van der Waals surface area contributed by atoms with Crippen LogP contribution >= 0.6 is 22.9 Å². The Morgan fingerprint density at radius 1 is 1.12 bits per heavy atom. The van der Waals surface area contributed by atoms with Crippen LogP contribution in [-0.2, 0) is 0 Å². The number of hydrogen-bond donors (Lipinski definition) is 2. The average Bonchev–Trinajstić information content (AvgIpc) is 3.52. The molecule has 14 heteroatoms. The molecule has 0 saturated carbocycles. The Kier molecular flexibility index (Phi) is 7.26. The number of hydrogen-bond acceptors (Lipinski definition) is 9. The summed E-state index contributed by atoms with van der Waals surface area (Å²) in [6.07, 6.45) is 1.24. The highest BCUT2D eigenvalue weighted by atomic mass is 35.5. The van der Waals surface area contributed by atoms with Crippen molar-refractivity contribution in [3.05, 3.63) is 34.9 Å². The van der Waals surface area contributed by atoms with Crippen LogP contribution in [0.15, 0.2) is 18.2 Å². The SMILES string of the molecule is C[C@@H](CN1CCC(F)(F)CC1)Oc1nc(N2CC3CCC(C2)N3)c2cc(Cl)c(-c3ccc(F)c4sc(N)nc34)c(F)c2n1. The van der Waals surface area contributed by atoms with E-state index in [1.165, 1.54) is 12.1 Å². The molecule has 4 aromatic rings. The third-order valence-electron chi connectivity index (χ3n) is 8.55. The number of nitrogen functional groups attached to an aromatic ring is 1. The molecule has 43 heavy (non-hydrogen) atoms. The zero-order chi connectivity index (χ0) is 30.0. The van der Waals surface area contributed by atoms with Gasteiger partial charge in [0, 0.05) is 74.2 Å². The lowest BCUT2D eigenvalue weighted by molar-refractivity contribution is -0.0595. The number of nitrogens with one attached hydrogen (secondary N) is 1. The van der Waals surface area contributed by atoms with Crippen molar-refractivity contribution in [2.24, 2.45) is 0 Å². The molecular weight excluding hydrogens is 606 g/mol. The number of nitrogens with two attached hydrogens (primary N) is 1. The Morgan fingerprint density at radius 3 is 2.56 bits per heavy atom. The molecule has 7 rings (SSSR count). The van der Waals surface area contributed by atoms with Crippen LogP contribution in [0.25, 0.3) is 32.2 Å². The first-order valence-electron chi connectivity index (χ1n) is 14.4. The zero-order valence-corrected chi connectivity index (χ0v) is 24.9. The van der Waals surface area contributed by atoms with Gasteiger partial charge in [0.2, 0.25) is 0 Å². The number of piperazine rings is 1. The summed E-state index contributed by atoms with van der Waals surface area (Å²) in [4.78, 5) is 17.5. The molecule has 0 spiro atoms. The number of halogens is 5. The van der Waals surface area contributed by atoms with Gasteiger partial charge in [-0.25, -0.2) is 22.5 Å². The quantitative estimate of drug-likeness (QED) is 0.255. The van der Waals surface area contributed by atoms with E-state index in [4.69, 9.17) is 27.1 Å². The standard InChI is InChI=1S/C29H30ClF4N7OS/c1-14(11-40-8-6-29(33,34)7-9-40)42-28-38-23-18(26(39-28)41-12-15-2-3-16(13-41)36-15)10-19(30)21(22(23)32)17-4-5-20(31)25-24(17)37-27(35)43-25/h4-5,10,14-16,36H,2-3,6-9,11-13H2,1H3,(H2,35,37)/t14-,15?,16?/m0/s1. The number of rotatable bonds is 6. The van der Waals surface area contributed by atoms with Gasteiger partial charge in [0.25, 0.3) is 5.92 Å². The second-order valence-corrected chi connectivity index (χ2v) is 13.2. The number of benzene rings is 2. The molecule has 8 nitrogen and oxygen atoms in total. The molecule has 5 heterocycles. The van der Waals surface area contributed by atoms with Gasteiger partial charge in [-0.3, -0.25) is 4.90 Å². The number of alkyl halides is 2. The summed E-state index contributed by atoms with van der Waals surface area (Å²) in [6.45, 7) is 4.10. The summed E-state index contributed by atoms with van der Waals surface area (Å²) in [5, 5.41) is 4.28. The highest BCUT2D eigenvalue weighted by Gasteiger charge is 2.36.